The topological polar surface area (TPSA) is 86.7 Å². The molecule has 2 aliphatic rings. The lowest BCUT2D eigenvalue weighted by molar-refractivity contribution is -0.0237. The zero-order valence-corrected chi connectivity index (χ0v) is 21.2. The summed E-state index contributed by atoms with van der Waals surface area (Å²) in [6.07, 6.45) is 3.86. The van der Waals surface area contributed by atoms with Gasteiger partial charge in [0.25, 0.3) is 0 Å². The molecule has 0 atom stereocenters. The van der Waals surface area contributed by atoms with Gasteiger partial charge in [-0.3, -0.25) is 13.3 Å². The lowest BCUT2D eigenvalue weighted by Gasteiger charge is -2.53. The maximum atomic E-state index is 8.52. The number of anilines is 2. The van der Waals surface area contributed by atoms with E-state index in [1.165, 1.54) is 40.4 Å². The third-order valence-corrected chi connectivity index (χ3v) is 7.54. The van der Waals surface area contributed by atoms with E-state index in [2.05, 4.69) is 73.9 Å². The van der Waals surface area contributed by atoms with Gasteiger partial charge >= 0.3 is 0 Å². The van der Waals surface area contributed by atoms with Crippen LogP contribution >= 0.6 is 23.4 Å². The molecule has 6 nitrogen and oxygen atoms in total. The molecule has 32 heavy (non-hydrogen) atoms. The first-order valence-electron chi connectivity index (χ1n) is 10.6. The van der Waals surface area contributed by atoms with E-state index in [0.29, 0.717) is 0 Å². The van der Waals surface area contributed by atoms with Gasteiger partial charge in [-0.05, 0) is 77.3 Å². The van der Waals surface area contributed by atoms with Gasteiger partial charge in [0.1, 0.15) is 0 Å². The molecule has 9 heteroatoms. The van der Waals surface area contributed by atoms with Crippen molar-refractivity contribution in [1.82, 2.24) is 4.90 Å². The monoisotopic (exact) mass is 496 g/mol. The van der Waals surface area contributed by atoms with Crippen LogP contribution in [0.2, 0.25) is 5.02 Å². The van der Waals surface area contributed by atoms with E-state index in [1.807, 2.05) is 17.8 Å². The number of hydrogen-bond donors (Lipinski definition) is 0. The number of benzene rings is 2. The maximum Gasteiger partial charge on any atom is 0.0568 e. The first-order chi connectivity index (χ1) is 14.8. The summed E-state index contributed by atoms with van der Waals surface area (Å²) in [6.45, 7) is 11.6. The van der Waals surface area contributed by atoms with E-state index in [4.69, 9.17) is 29.1 Å². The zero-order valence-electron chi connectivity index (χ0n) is 18.8. The molecule has 2 heterocycles. The summed E-state index contributed by atoms with van der Waals surface area (Å²) in [5.74, 6) is 0. The molecule has 1 saturated heterocycles. The Hall–Kier alpha value is -1.29. The summed E-state index contributed by atoms with van der Waals surface area (Å²) in [5.41, 5.74) is 3.01. The molecule has 2 aromatic carbocycles. The quantitative estimate of drug-likeness (QED) is 0.401. The van der Waals surface area contributed by atoms with Gasteiger partial charge in [-0.1, -0.05) is 35.5 Å². The van der Waals surface area contributed by atoms with Crippen molar-refractivity contribution in [2.45, 2.75) is 67.8 Å². The predicted octanol–water partition coefficient (Wildman–Crippen LogP) is 5.65. The molecule has 0 saturated carbocycles. The second kappa shape index (κ2) is 9.52. The third kappa shape index (κ3) is 6.18. The average molecular weight is 497 g/mol. The minimum Gasteiger partial charge on any atom is -0.759 e. The van der Waals surface area contributed by atoms with Gasteiger partial charge in [0.05, 0.1) is 11.4 Å². The van der Waals surface area contributed by atoms with Gasteiger partial charge in [0.15, 0.2) is 0 Å². The smallest absolute Gasteiger partial charge is 0.0568 e. The van der Waals surface area contributed by atoms with E-state index in [1.54, 1.807) is 0 Å². The highest BCUT2D eigenvalue weighted by Gasteiger charge is 2.41. The predicted molar refractivity (Wildman–Crippen MR) is 128 cm³/mol. The summed E-state index contributed by atoms with van der Waals surface area (Å²) >= 11 is 8.20. The number of fused-ring (bicyclic) bond motifs is 2. The van der Waals surface area contributed by atoms with Crippen molar-refractivity contribution in [3.05, 3.63) is 47.5 Å². The van der Waals surface area contributed by atoms with Crippen molar-refractivity contribution in [3.63, 3.8) is 0 Å². The van der Waals surface area contributed by atoms with Crippen molar-refractivity contribution in [3.8, 4) is 0 Å². The zero-order chi connectivity index (χ0) is 23.7. The third-order valence-electron chi connectivity index (χ3n) is 6.17. The summed E-state index contributed by atoms with van der Waals surface area (Å²) < 4.78 is 34.1. The van der Waals surface area contributed by atoms with Crippen molar-refractivity contribution in [2.75, 3.05) is 18.0 Å². The number of halogens is 1. The Morgan fingerprint density at radius 1 is 0.938 bits per heavy atom. The van der Waals surface area contributed by atoms with Crippen LogP contribution in [0.15, 0.2) is 52.3 Å². The van der Waals surface area contributed by atoms with Crippen LogP contribution < -0.4 is 4.90 Å². The summed E-state index contributed by atoms with van der Waals surface area (Å²) in [5, 5.41) is 0.803. The Morgan fingerprint density at radius 3 is 2.12 bits per heavy atom. The Morgan fingerprint density at radius 2 is 1.50 bits per heavy atom. The largest absolute Gasteiger partial charge is 0.759 e. The van der Waals surface area contributed by atoms with Gasteiger partial charge in [-0.2, -0.15) is 0 Å². The number of likely N-dealkylation sites (tertiary alicyclic amines) is 1. The fourth-order valence-electron chi connectivity index (χ4n) is 4.89. The molecule has 0 aromatic heterocycles. The Labute approximate surface area is 200 Å². The first-order valence-corrected chi connectivity index (χ1v) is 13.1. The van der Waals surface area contributed by atoms with E-state index >= 15 is 0 Å². The molecule has 2 aliphatic heterocycles. The number of piperidine rings is 1. The summed E-state index contributed by atoms with van der Waals surface area (Å²) in [4.78, 5) is 7.80. The number of hydrogen-bond acceptors (Lipinski definition) is 7. The van der Waals surface area contributed by atoms with Crippen LogP contribution in [0.3, 0.4) is 0 Å². The van der Waals surface area contributed by atoms with Crippen molar-refractivity contribution >= 4 is 45.1 Å². The minimum atomic E-state index is -5.17. The lowest BCUT2D eigenvalue weighted by atomic mass is 9.80. The fraction of sp³-hybridized carbons (Fsp3) is 0.478. The van der Waals surface area contributed by atoms with Crippen LogP contribution in [0.4, 0.5) is 11.4 Å². The number of para-hydroxylation sites is 1. The van der Waals surface area contributed by atoms with Gasteiger partial charge in [-0.25, -0.2) is 0 Å². The van der Waals surface area contributed by atoms with E-state index in [-0.39, 0.29) is 11.1 Å². The van der Waals surface area contributed by atoms with Crippen molar-refractivity contribution < 1.29 is 17.5 Å². The van der Waals surface area contributed by atoms with Gasteiger partial charge in [0, 0.05) is 49.4 Å². The fourth-order valence-corrected chi connectivity index (χ4v) is 6.13. The Kier molecular flexibility index (Phi) is 7.54. The molecule has 0 spiro atoms. The van der Waals surface area contributed by atoms with Crippen LogP contribution in [-0.4, -0.2) is 46.6 Å². The summed E-state index contributed by atoms with van der Waals surface area (Å²) in [7, 11) is -5.17. The van der Waals surface area contributed by atoms with Gasteiger partial charge in [-0.15, -0.1) is 0 Å². The van der Waals surface area contributed by atoms with Crippen LogP contribution in [0.25, 0.3) is 0 Å². The van der Waals surface area contributed by atoms with Crippen molar-refractivity contribution in [1.29, 1.82) is 0 Å². The van der Waals surface area contributed by atoms with Crippen LogP contribution in [0, 0.1) is 0 Å². The standard InChI is InChI=1S/C23H29ClN2S.H2O4S/c1-22(2)12-7-13-23(3,4)26(22)15-14-25-18-8-5-6-9-20(18)27-21-11-10-17(24)16-19(21)25;1-5(2,3)4/h5-6,8-11,16H,7,12-15H2,1-4H3;(H2,1,2,3,4)/p-2. The summed E-state index contributed by atoms with van der Waals surface area (Å²) in [6, 6.07) is 15.0. The molecule has 0 amide bonds. The maximum absolute atomic E-state index is 8.52. The van der Waals surface area contributed by atoms with E-state index < -0.39 is 10.4 Å². The Bertz CT molecular complexity index is 1050. The van der Waals surface area contributed by atoms with Crippen LogP contribution in [0.5, 0.6) is 0 Å². The second-order valence-electron chi connectivity index (χ2n) is 9.37. The highest BCUT2D eigenvalue weighted by atomic mass is 35.5. The Balaban J connectivity index is 0.000000523. The molecule has 176 valence electrons. The van der Waals surface area contributed by atoms with Crippen molar-refractivity contribution in [2.24, 2.45) is 0 Å². The molecular formula is C23H29ClN2O4S2-2. The molecule has 0 aliphatic carbocycles. The highest BCUT2D eigenvalue weighted by molar-refractivity contribution is 7.99. The van der Waals surface area contributed by atoms with Gasteiger partial charge in [0.2, 0.25) is 0 Å². The highest BCUT2D eigenvalue weighted by Crippen LogP contribution is 2.49. The normalized spacial score (nSPS) is 19.4. The molecular weight excluding hydrogens is 468 g/mol. The van der Waals surface area contributed by atoms with Crippen LogP contribution in [-0.2, 0) is 10.4 Å². The molecule has 4 rings (SSSR count). The molecule has 0 bridgehead atoms. The lowest BCUT2D eigenvalue weighted by Crippen LogP contribution is -2.60. The molecule has 1 fully saturated rings. The first kappa shape index (κ1) is 25.3. The molecule has 0 radical (unpaired) electrons. The molecule has 0 unspecified atom stereocenters. The second-order valence-corrected chi connectivity index (χ2v) is 11.7. The minimum absolute atomic E-state index is 0.239. The number of nitrogens with zero attached hydrogens (tertiary/aromatic N) is 2. The van der Waals surface area contributed by atoms with Crippen LogP contribution in [0.1, 0.15) is 47.0 Å². The molecule has 2 aromatic rings. The van der Waals surface area contributed by atoms with E-state index in [0.717, 1.165) is 18.1 Å². The molecule has 0 N–H and O–H groups in total. The average Bonchev–Trinajstić information content (AvgIpc) is 2.65. The number of rotatable bonds is 3. The van der Waals surface area contributed by atoms with Gasteiger partial charge < -0.3 is 14.0 Å². The SMILES string of the molecule is CC1(C)CCCC(C)(C)N1CCN1c2ccccc2Sc2ccc(Cl)cc21.O=S(=O)([O-])[O-]. The van der Waals surface area contributed by atoms with E-state index in [9.17, 15) is 0 Å².